The third-order valence-electron chi connectivity index (χ3n) is 2.85. The summed E-state index contributed by atoms with van der Waals surface area (Å²) in [5, 5.41) is 4.23. The summed E-state index contributed by atoms with van der Waals surface area (Å²) in [5.41, 5.74) is 2.98. The van der Waals surface area contributed by atoms with Gasteiger partial charge in [-0.05, 0) is 12.8 Å². The molecule has 0 amide bonds. The van der Waals surface area contributed by atoms with Crippen molar-refractivity contribution in [2.45, 2.75) is 26.7 Å². The van der Waals surface area contributed by atoms with Crippen LogP contribution < -0.4 is 9.47 Å². The topological polar surface area (TPSA) is 48.7 Å². The maximum Gasteiger partial charge on any atom is 0.258 e. The van der Waals surface area contributed by atoms with Crippen molar-refractivity contribution < 1.29 is 9.47 Å². The average molecular weight is 235 g/mol. The highest BCUT2D eigenvalue weighted by atomic mass is 16.5. The fourth-order valence-corrected chi connectivity index (χ4v) is 2.08. The first-order valence-electron chi connectivity index (χ1n) is 5.56. The molecular weight excluding hydrogens is 218 g/mol. The molecule has 5 heteroatoms. The van der Waals surface area contributed by atoms with E-state index in [4.69, 9.17) is 9.47 Å². The van der Waals surface area contributed by atoms with E-state index in [9.17, 15) is 0 Å². The largest absolute Gasteiger partial charge is 0.491 e. The third kappa shape index (κ3) is 1.62. The third-order valence-corrected chi connectivity index (χ3v) is 2.85. The molecule has 2 aromatic heterocycles. The first-order valence-corrected chi connectivity index (χ1v) is 5.56. The molecule has 0 atom stereocenters. The number of hydrogen-bond donors (Lipinski definition) is 0. The van der Waals surface area contributed by atoms with Crippen LogP contribution in [0.4, 0.5) is 0 Å². The number of nitrogens with zero attached hydrogens (tertiary/aromatic N) is 3. The van der Waals surface area contributed by atoms with Gasteiger partial charge < -0.3 is 9.47 Å². The van der Waals surface area contributed by atoms with Crippen molar-refractivity contribution in [2.75, 3.05) is 14.2 Å². The van der Waals surface area contributed by atoms with Gasteiger partial charge in [0.1, 0.15) is 6.33 Å². The molecule has 0 unspecified atom stereocenters. The predicted octanol–water partition coefficient (Wildman–Crippen LogP) is 2.18. The summed E-state index contributed by atoms with van der Waals surface area (Å²) >= 11 is 0. The summed E-state index contributed by atoms with van der Waals surface area (Å²) in [4.78, 5) is 4.35. The second-order valence-electron chi connectivity index (χ2n) is 4.23. The first-order chi connectivity index (χ1) is 8.11. The van der Waals surface area contributed by atoms with E-state index in [0.717, 1.165) is 22.5 Å². The molecule has 0 aromatic carbocycles. The Bertz CT molecular complexity index is 546. The molecule has 0 spiro atoms. The number of hydrogen-bond acceptors (Lipinski definition) is 4. The number of ether oxygens (including phenoxy) is 2. The maximum atomic E-state index is 5.37. The van der Waals surface area contributed by atoms with Gasteiger partial charge in [0.15, 0.2) is 5.75 Å². The molecule has 2 rings (SSSR count). The zero-order valence-electron chi connectivity index (χ0n) is 10.8. The zero-order chi connectivity index (χ0) is 12.6. The molecule has 2 heterocycles. The number of aryl methyl sites for hydroxylation is 1. The maximum absolute atomic E-state index is 5.37. The quantitative estimate of drug-likeness (QED) is 0.818. The van der Waals surface area contributed by atoms with Gasteiger partial charge in [-0.2, -0.15) is 9.61 Å². The van der Waals surface area contributed by atoms with Crippen LogP contribution in [0.2, 0.25) is 0 Å². The van der Waals surface area contributed by atoms with E-state index in [-0.39, 0.29) is 0 Å². The smallest absolute Gasteiger partial charge is 0.258 e. The van der Waals surface area contributed by atoms with Crippen LogP contribution in [0.25, 0.3) is 5.52 Å². The van der Waals surface area contributed by atoms with Gasteiger partial charge in [-0.3, -0.25) is 0 Å². The molecule has 0 aliphatic heterocycles. The summed E-state index contributed by atoms with van der Waals surface area (Å²) in [6.07, 6.45) is 1.55. The summed E-state index contributed by atoms with van der Waals surface area (Å²) in [5.74, 6) is 1.66. The Balaban J connectivity index is 2.87. The minimum absolute atomic E-state index is 0.323. The lowest BCUT2D eigenvalue weighted by Gasteiger charge is -2.07. The number of fused-ring (bicyclic) bond motifs is 1. The monoisotopic (exact) mass is 235 g/mol. The lowest BCUT2D eigenvalue weighted by atomic mass is 10.1. The summed E-state index contributed by atoms with van der Waals surface area (Å²) < 4.78 is 12.5. The molecule has 0 bridgehead atoms. The summed E-state index contributed by atoms with van der Waals surface area (Å²) in [6.45, 7) is 6.20. The van der Waals surface area contributed by atoms with Gasteiger partial charge in [0.25, 0.3) is 5.88 Å². The Morgan fingerprint density at radius 3 is 2.47 bits per heavy atom. The van der Waals surface area contributed by atoms with Gasteiger partial charge >= 0.3 is 0 Å². The van der Waals surface area contributed by atoms with Gasteiger partial charge in [0, 0.05) is 5.56 Å². The van der Waals surface area contributed by atoms with Crippen LogP contribution >= 0.6 is 0 Å². The van der Waals surface area contributed by atoms with Crippen molar-refractivity contribution in [3.63, 3.8) is 0 Å². The van der Waals surface area contributed by atoms with Gasteiger partial charge in [-0.15, -0.1) is 0 Å². The van der Waals surface area contributed by atoms with Crippen molar-refractivity contribution in [3.8, 4) is 11.6 Å². The Morgan fingerprint density at radius 1 is 1.24 bits per heavy atom. The zero-order valence-corrected chi connectivity index (χ0v) is 10.8. The molecule has 0 N–H and O–H groups in total. The van der Waals surface area contributed by atoms with E-state index < -0.39 is 0 Å². The Kier molecular flexibility index (Phi) is 2.92. The average Bonchev–Trinajstić information content (AvgIpc) is 2.61. The summed E-state index contributed by atoms with van der Waals surface area (Å²) in [7, 11) is 3.24. The molecule has 0 fully saturated rings. The van der Waals surface area contributed by atoms with Crippen molar-refractivity contribution in [1.29, 1.82) is 0 Å². The van der Waals surface area contributed by atoms with Gasteiger partial charge in [0.05, 0.1) is 25.4 Å². The number of aromatic nitrogens is 3. The Hall–Kier alpha value is -1.78. The highest BCUT2D eigenvalue weighted by Gasteiger charge is 2.21. The molecule has 0 aliphatic rings. The molecule has 0 saturated carbocycles. The van der Waals surface area contributed by atoms with Crippen molar-refractivity contribution >= 4 is 5.52 Å². The van der Waals surface area contributed by atoms with Gasteiger partial charge in [-0.1, -0.05) is 13.8 Å². The van der Waals surface area contributed by atoms with E-state index in [1.54, 1.807) is 25.1 Å². The van der Waals surface area contributed by atoms with Crippen molar-refractivity contribution in [1.82, 2.24) is 14.6 Å². The van der Waals surface area contributed by atoms with Crippen molar-refractivity contribution in [3.05, 3.63) is 17.6 Å². The fourth-order valence-electron chi connectivity index (χ4n) is 2.08. The lowest BCUT2D eigenvalue weighted by Crippen LogP contribution is -2.02. The van der Waals surface area contributed by atoms with E-state index in [0.29, 0.717) is 11.8 Å². The van der Waals surface area contributed by atoms with E-state index in [1.807, 2.05) is 6.92 Å². The lowest BCUT2D eigenvalue weighted by molar-refractivity contribution is 0.338. The van der Waals surface area contributed by atoms with E-state index in [2.05, 4.69) is 23.9 Å². The van der Waals surface area contributed by atoms with Gasteiger partial charge in [0.2, 0.25) is 0 Å². The summed E-state index contributed by atoms with van der Waals surface area (Å²) in [6, 6.07) is 0. The fraction of sp³-hybridized carbons (Fsp3) is 0.500. The highest BCUT2D eigenvalue weighted by Crippen LogP contribution is 2.37. The van der Waals surface area contributed by atoms with Crippen LogP contribution in [0.3, 0.4) is 0 Å². The number of rotatable bonds is 3. The Morgan fingerprint density at radius 2 is 1.94 bits per heavy atom. The van der Waals surface area contributed by atoms with Crippen LogP contribution in [0.15, 0.2) is 6.33 Å². The first kappa shape index (κ1) is 11.7. The molecule has 2 aromatic rings. The van der Waals surface area contributed by atoms with Crippen LogP contribution in [-0.2, 0) is 0 Å². The van der Waals surface area contributed by atoms with Crippen LogP contribution in [0.1, 0.15) is 31.0 Å². The van der Waals surface area contributed by atoms with E-state index >= 15 is 0 Å². The molecule has 17 heavy (non-hydrogen) atoms. The van der Waals surface area contributed by atoms with E-state index in [1.165, 1.54) is 0 Å². The standard InChI is InChI=1S/C12H17N3O2/c1-7(2)9-10-8(3)11(16-4)12(17-5)15(10)14-6-13-9/h6-7H,1-5H3. The molecule has 5 nitrogen and oxygen atoms in total. The minimum Gasteiger partial charge on any atom is -0.491 e. The number of methoxy groups -OCH3 is 2. The Labute approximate surface area is 100 Å². The van der Waals surface area contributed by atoms with Gasteiger partial charge in [-0.25, -0.2) is 4.98 Å². The van der Waals surface area contributed by atoms with Crippen LogP contribution in [-0.4, -0.2) is 28.8 Å². The second-order valence-corrected chi connectivity index (χ2v) is 4.23. The molecule has 0 radical (unpaired) electrons. The SMILES string of the molecule is COc1c(C)c2c(C(C)C)ncnn2c1OC. The van der Waals surface area contributed by atoms with Crippen LogP contribution in [0, 0.1) is 6.92 Å². The van der Waals surface area contributed by atoms with Crippen LogP contribution in [0.5, 0.6) is 11.6 Å². The van der Waals surface area contributed by atoms with Crippen molar-refractivity contribution in [2.24, 2.45) is 0 Å². The molecule has 0 saturated heterocycles. The predicted molar refractivity (Wildman–Crippen MR) is 64.9 cm³/mol. The normalized spacial score (nSPS) is 11.2. The molecule has 0 aliphatic carbocycles. The molecular formula is C12H17N3O2. The minimum atomic E-state index is 0.323. The second kappa shape index (κ2) is 4.24. The molecule has 92 valence electrons. The highest BCUT2D eigenvalue weighted by molar-refractivity contribution is 5.69.